The van der Waals surface area contributed by atoms with Crippen LogP contribution in [0.3, 0.4) is 0 Å². The van der Waals surface area contributed by atoms with E-state index in [0.29, 0.717) is 5.88 Å². The maximum absolute atomic E-state index is 13.6. The maximum Gasteiger partial charge on any atom is 0.222 e. The molecule has 0 aliphatic carbocycles. The number of benzene rings is 1. The second-order valence-corrected chi connectivity index (χ2v) is 4.53. The maximum atomic E-state index is 13.6. The Balaban J connectivity index is 2.25. The van der Waals surface area contributed by atoms with Gasteiger partial charge in [-0.15, -0.1) is 0 Å². The molecular formula is C15H17FN2O. The van der Waals surface area contributed by atoms with Crippen molar-refractivity contribution < 1.29 is 9.13 Å². The number of nitrogens with one attached hydrogen (secondary N) is 1. The third-order valence-corrected chi connectivity index (χ3v) is 2.76. The van der Waals surface area contributed by atoms with Gasteiger partial charge in [-0.1, -0.05) is 6.07 Å². The minimum Gasteiger partial charge on any atom is -0.436 e. The molecule has 0 amide bonds. The number of halogens is 1. The Bertz CT molecular complexity index is 584. The molecule has 0 unspecified atom stereocenters. The Kier molecular flexibility index (Phi) is 4.12. The lowest BCUT2D eigenvalue weighted by molar-refractivity contribution is 0.423. The zero-order valence-corrected chi connectivity index (χ0v) is 11.3. The zero-order chi connectivity index (χ0) is 13.8. The van der Waals surface area contributed by atoms with Crippen LogP contribution in [0.15, 0.2) is 30.5 Å². The summed E-state index contributed by atoms with van der Waals surface area (Å²) in [7, 11) is 1.88. The molecule has 2 aromatic rings. The SMILES string of the molecule is CNCc1cnc(Oc2cc(C)ccc2F)c(C)c1. The summed E-state index contributed by atoms with van der Waals surface area (Å²) in [4.78, 5) is 4.23. The van der Waals surface area contributed by atoms with Gasteiger partial charge >= 0.3 is 0 Å². The van der Waals surface area contributed by atoms with Gasteiger partial charge in [0.1, 0.15) is 0 Å². The number of pyridine rings is 1. The van der Waals surface area contributed by atoms with E-state index in [1.807, 2.05) is 27.0 Å². The van der Waals surface area contributed by atoms with E-state index in [2.05, 4.69) is 10.3 Å². The standard InChI is InChI=1S/C15H17FN2O/c1-10-4-5-13(16)14(6-10)19-15-11(2)7-12(8-17-3)9-18-15/h4-7,9,17H,8H2,1-3H3. The quantitative estimate of drug-likeness (QED) is 0.915. The van der Waals surface area contributed by atoms with Gasteiger partial charge < -0.3 is 10.1 Å². The molecule has 0 saturated heterocycles. The summed E-state index contributed by atoms with van der Waals surface area (Å²) in [6, 6.07) is 6.75. The Morgan fingerprint density at radius 3 is 2.74 bits per heavy atom. The van der Waals surface area contributed by atoms with E-state index in [0.717, 1.165) is 23.2 Å². The summed E-state index contributed by atoms with van der Waals surface area (Å²) in [5, 5.41) is 3.06. The van der Waals surface area contributed by atoms with Crippen LogP contribution in [-0.2, 0) is 6.54 Å². The van der Waals surface area contributed by atoms with Crippen molar-refractivity contribution in [2.24, 2.45) is 0 Å². The molecule has 4 heteroatoms. The van der Waals surface area contributed by atoms with Crippen LogP contribution >= 0.6 is 0 Å². The molecule has 19 heavy (non-hydrogen) atoms. The molecule has 100 valence electrons. The van der Waals surface area contributed by atoms with Crippen molar-refractivity contribution in [1.82, 2.24) is 10.3 Å². The highest BCUT2D eigenvalue weighted by Gasteiger charge is 2.08. The van der Waals surface area contributed by atoms with Crippen LogP contribution in [-0.4, -0.2) is 12.0 Å². The van der Waals surface area contributed by atoms with E-state index in [4.69, 9.17) is 4.74 Å². The number of nitrogens with zero attached hydrogens (tertiary/aromatic N) is 1. The first kappa shape index (κ1) is 13.5. The minimum absolute atomic E-state index is 0.206. The Hall–Kier alpha value is -1.94. The summed E-state index contributed by atoms with van der Waals surface area (Å²) in [6.07, 6.45) is 1.73. The smallest absolute Gasteiger partial charge is 0.222 e. The van der Waals surface area contributed by atoms with Crippen molar-refractivity contribution in [3.63, 3.8) is 0 Å². The Morgan fingerprint density at radius 1 is 1.26 bits per heavy atom. The largest absolute Gasteiger partial charge is 0.436 e. The third-order valence-electron chi connectivity index (χ3n) is 2.76. The first-order chi connectivity index (χ1) is 9.10. The normalized spacial score (nSPS) is 10.5. The summed E-state index contributed by atoms with van der Waals surface area (Å²) < 4.78 is 19.2. The van der Waals surface area contributed by atoms with Crippen LogP contribution in [0.1, 0.15) is 16.7 Å². The van der Waals surface area contributed by atoms with E-state index in [9.17, 15) is 4.39 Å². The molecule has 0 fully saturated rings. The molecular weight excluding hydrogens is 243 g/mol. The van der Waals surface area contributed by atoms with Crippen LogP contribution in [0.4, 0.5) is 4.39 Å². The molecule has 0 radical (unpaired) electrons. The van der Waals surface area contributed by atoms with Gasteiger partial charge in [-0.05, 0) is 50.2 Å². The first-order valence-electron chi connectivity index (χ1n) is 6.14. The molecule has 0 atom stereocenters. The Morgan fingerprint density at radius 2 is 2.05 bits per heavy atom. The molecule has 0 bridgehead atoms. The van der Waals surface area contributed by atoms with Crippen molar-refractivity contribution in [1.29, 1.82) is 0 Å². The number of aromatic nitrogens is 1. The number of hydrogen-bond donors (Lipinski definition) is 1. The van der Waals surface area contributed by atoms with Crippen molar-refractivity contribution >= 4 is 0 Å². The molecule has 1 N–H and O–H groups in total. The lowest BCUT2D eigenvalue weighted by atomic mass is 10.2. The fourth-order valence-corrected chi connectivity index (χ4v) is 1.82. The summed E-state index contributed by atoms with van der Waals surface area (Å²) in [5.74, 6) is 0.257. The van der Waals surface area contributed by atoms with Crippen LogP contribution < -0.4 is 10.1 Å². The van der Waals surface area contributed by atoms with Gasteiger partial charge in [-0.25, -0.2) is 9.37 Å². The minimum atomic E-state index is -0.383. The summed E-state index contributed by atoms with van der Waals surface area (Å²) in [5.41, 5.74) is 2.89. The molecule has 0 aliphatic rings. The molecule has 1 heterocycles. The topological polar surface area (TPSA) is 34.2 Å². The fourth-order valence-electron chi connectivity index (χ4n) is 1.82. The molecule has 2 rings (SSSR count). The first-order valence-corrected chi connectivity index (χ1v) is 6.14. The van der Waals surface area contributed by atoms with Gasteiger partial charge in [-0.2, -0.15) is 0 Å². The van der Waals surface area contributed by atoms with Gasteiger partial charge in [0.15, 0.2) is 11.6 Å². The van der Waals surface area contributed by atoms with Gasteiger partial charge in [0.25, 0.3) is 0 Å². The van der Waals surface area contributed by atoms with E-state index in [1.165, 1.54) is 6.07 Å². The lowest BCUT2D eigenvalue weighted by Gasteiger charge is -2.10. The monoisotopic (exact) mass is 260 g/mol. The molecule has 0 spiro atoms. The summed E-state index contributed by atoms with van der Waals surface area (Å²) in [6.45, 7) is 4.53. The predicted octanol–water partition coefficient (Wildman–Crippen LogP) is 3.35. The van der Waals surface area contributed by atoms with E-state index >= 15 is 0 Å². The lowest BCUT2D eigenvalue weighted by Crippen LogP contribution is -2.06. The van der Waals surface area contributed by atoms with Crippen LogP contribution in [0.5, 0.6) is 11.6 Å². The van der Waals surface area contributed by atoms with Crippen molar-refractivity contribution in [3.05, 3.63) is 53.0 Å². The van der Waals surface area contributed by atoms with Gasteiger partial charge in [0, 0.05) is 18.3 Å². The number of ether oxygens (including phenoxy) is 1. The molecule has 1 aromatic heterocycles. The highest BCUT2D eigenvalue weighted by molar-refractivity contribution is 5.36. The Labute approximate surface area is 112 Å². The average Bonchev–Trinajstić information content (AvgIpc) is 2.37. The van der Waals surface area contributed by atoms with E-state index in [1.54, 1.807) is 18.3 Å². The summed E-state index contributed by atoms with van der Waals surface area (Å²) >= 11 is 0. The van der Waals surface area contributed by atoms with Crippen molar-refractivity contribution in [3.8, 4) is 11.6 Å². The molecule has 1 aromatic carbocycles. The predicted molar refractivity (Wildman–Crippen MR) is 72.9 cm³/mol. The second kappa shape index (κ2) is 5.80. The van der Waals surface area contributed by atoms with E-state index < -0.39 is 0 Å². The van der Waals surface area contributed by atoms with Gasteiger partial charge in [-0.3, -0.25) is 0 Å². The molecule has 0 saturated carbocycles. The fraction of sp³-hybridized carbons (Fsp3) is 0.267. The third kappa shape index (κ3) is 3.29. The highest BCUT2D eigenvalue weighted by Crippen LogP contribution is 2.26. The van der Waals surface area contributed by atoms with Crippen LogP contribution in [0, 0.1) is 19.7 Å². The second-order valence-electron chi connectivity index (χ2n) is 4.53. The van der Waals surface area contributed by atoms with Crippen molar-refractivity contribution in [2.75, 3.05) is 7.05 Å². The van der Waals surface area contributed by atoms with Crippen LogP contribution in [0.25, 0.3) is 0 Å². The van der Waals surface area contributed by atoms with Gasteiger partial charge in [0.2, 0.25) is 5.88 Å². The number of hydrogen-bond acceptors (Lipinski definition) is 3. The van der Waals surface area contributed by atoms with Gasteiger partial charge in [0.05, 0.1) is 0 Å². The molecule has 0 aliphatic heterocycles. The van der Waals surface area contributed by atoms with Crippen molar-refractivity contribution in [2.45, 2.75) is 20.4 Å². The highest BCUT2D eigenvalue weighted by atomic mass is 19.1. The van der Waals surface area contributed by atoms with E-state index in [-0.39, 0.29) is 11.6 Å². The molecule has 3 nitrogen and oxygen atoms in total. The number of rotatable bonds is 4. The average molecular weight is 260 g/mol. The zero-order valence-electron chi connectivity index (χ0n) is 11.3. The number of aryl methyl sites for hydroxylation is 2. The van der Waals surface area contributed by atoms with Crippen LogP contribution in [0.2, 0.25) is 0 Å².